The van der Waals surface area contributed by atoms with Crippen LogP contribution in [0.5, 0.6) is 5.75 Å². The van der Waals surface area contributed by atoms with Crippen molar-refractivity contribution in [1.82, 2.24) is 14.6 Å². The van der Waals surface area contributed by atoms with E-state index in [4.69, 9.17) is 4.74 Å². The van der Waals surface area contributed by atoms with Crippen molar-refractivity contribution >= 4 is 17.2 Å². The molecule has 0 unspecified atom stereocenters. The highest BCUT2D eigenvalue weighted by atomic mass is 16.5. The van der Waals surface area contributed by atoms with Crippen molar-refractivity contribution in [2.24, 2.45) is 5.92 Å². The maximum absolute atomic E-state index is 13.0. The van der Waals surface area contributed by atoms with Crippen LogP contribution in [-0.4, -0.2) is 37.8 Å². The zero-order valence-corrected chi connectivity index (χ0v) is 15.8. The molecule has 144 valence electrons. The first-order chi connectivity index (χ1) is 13.4. The lowest BCUT2D eigenvalue weighted by molar-refractivity contribution is 0.102. The third-order valence-electron chi connectivity index (χ3n) is 5.56. The number of carbonyl (C=O) groups is 1. The summed E-state index contributed by atoms with van der Waals surface area (Å²) < 4.78 is 7.65. The van der Waals surface area contributed by atoms with Gasteiger partial charge in [0.2, 0.25) is 0 Å². The first-order valence-corrected chi connectivity index (χ1v) is 9.51. The standard InChI is InChI=1S/C21H22N4O3/c1-21(2)9-12-7-17(15(8-18(12)28-21)14-6-13(14)11-26)24-20(27)16-10-23-25-5-3-4-22-19(16)25/h3-5,7-8,10,13-14,26H,6,9,11H2,1-2H3,(H,24,27)/t13-,14-/m0/s1. The van der Waals surface area contributed by atoms with Gasteiger partial charge >= 0.3 is 0 Å². The number of hydrogen-bond acceptors (Lipinski definition) is 5. The molecule has 7 heteroatoms. The van der Waals surface area contributed by atoms with E-state index >= 15 is 0 Å². The van der Waals surface area contributed by atoms with E-state index < -0.39 is 0 Å². The molecule has 1 saturated carbocycles. The van der Waals surface area contributed by atoms with Crippen LogP contribution in [0.25, 0.3) is 5.65 Å². The van der Waals surface area contributed by atoms with Crippen molar-refractivity contribution in [3.63, 3.8) is 0 Å². The van der Waals surface area contributed by atoms with Gasteiger partial charge in [-0.05, 0) is 55.9 Å². The van der Waals surface area contributed by atoms with Gasteiger partial charge in [-0.1, -0.05) is 0 Å². The molecule has 0 spiro atoms. The van der Waals surface area contributed by atoms with E-state index in [0.717, 1.165) is 35.4 Å². The molecule has 5 rings (SSSR count). The third kappa shape index (κ3) is 2.82. The van der Waals surface area contributed by atoms with E-state index in [1.807, 2.05) is 12.1 Å². The Morgan fingerprint density at radius 3 is 3.07 bits per heavy atom. The number of aromatic nitrogens is 3. The lowest BCUT2D eigenvalue weighted by Gasteiger charge is -2.17. The molecule has 0 bridgehead atoms. The number of anilines is 1. The summed E-state index contributed by atoms with van der Waals surface area (Å²) in [7, 11) is 0. The van der Waals surface area contributed by atoms with E-state index in [1.165, 1.54) is 6.20 Å². The van der Waals surface area contributed by atoms with Gasteiger partial charge in [-0.25, -0.2) is 9.50 Å². The van der Waals surface area contributed by atoms with Crippen LogP contribution < -0.4 is 10.1 Å². The molecule has 2 aliphatic rings. The molecule has 7 nitrogen and oxygen atoms in total. The number of fused-ring (bicyclic) bond motifs is 2. The minimum atomic E-state index is -0.255. The second kappa shape index (κ2) is 6.04. The number of carbonyl (C=O) groups excluding carboxylic acids is 1. The molecule has 1 fully saturated rings. The molecular weight excluding hydrogens is 356 g/mol. The van der Waals surface area contributed by atoms with E-state index in [0.29, 0.717) is 11.2 Å². The summed E-state index contributed by atoms with van der Waals surface area (Å²) in [5.41, 5.74) is 3.58. The van der Waals surface area contributed by atoms with Gasteiger partial charge in [-0.2, -0.15) is 5.10 Å². The van der Waals surface area contributed by atoms with Crippen LogP contribution in [0, 0.1) is 5.92 Å². The Hall–Kier alpha value is -2.93. The molecule has 3 aromatic rings. The number of hydrogen-bond donors (Lipinski definition) is 2. The number of nitrogens with zero attached hydrogens (tertiary/aromatic N) is 3. The van der Waals surface area contributed by atoms with E-state index in [1.54, 1.807) is 23.0 Å². The molecular formula is C21H22N4O3. The van der Waals surface area contributed by atoms with Crippen LogP contribution in [0.2, 0.25) is 0 Å². The average molecular weight is 378 g/mol. The van der Waals surface area contributed by atoms with Crippen molar-refractivity contribution in [3.8, 4) is 5.75 Å². The summed E-state index contributed by atoms with van der Waals surface area (Å²) in [6.45, 7) is 4.27. The van der Waals surface area contributed by atoms with Gasteiger partial charge in [0, 0.05) is 36.7 Å². The zero-order chi connectivity index (χ0) is 19.5. The Kier molecular flexibility index (Phi) is 3.71. The molecule has 1 amide bonds. The molecule has 2 aromatic heterocycles. The van der Waals surface area contributed by atoms with Crippen LogP contribution in [0.1, 0.15) is 47.7 Å². The highest BCUT2D eigenvalue weighted by molar-refractivity contribution is 6.08. The summed E-state index contributed by atoms with van der Waals surface area (Å²) in [6, 6.07) is 5.82. The van der Waals surface area contributed by atoms with E-state index in [9.17, 15) is 9.90 Å². The summed E-state index contributed by atoms with van der Waals surface area (Å²) in [6.07, 6.45) is 6.64. The molecule has 3 heterocycles. The fraction of sp³-hybridized carbons (Fsp3) is 0.381. The van der Waals surface area contributed by atoms with Crippen molar-refractivity contribution in [2.45, 2.75) is 38.2 Å². The Balaban J connectivity index is 1.51. The van der Waals surface area contributed by atoms with Gasteiger partial charge in [0.1, 0.15) is 16.9 Å². The Morgan fingerprint density at radius 2 is 2.29 bits per heavy atom. The van der Waals surface area contributed by atoms with Gasteiger partial charge in [0.05, 0.1) is 6.20 Å². The van der Waals surface area contributed by atoms with Crippen LogP contribution >= 0.6 is 0 Å². The second-order valence-corrected chi connectivity index (χ2v) is 8.27. The highest BCUT2D eigenvalue weighted by Crippen LogP contribution is 2.52. The van der Waals surface area contributed by atoms with Crippen LogP contribution in [-0.2, 0) is 6.42 Å². The largest absolute Gasteiger partial charge is 0.487 e. The Morgan fingerprint density at radius 1 is 1.43 bits per heavy atom. The first kappa shape index (κ1) is 17.2. The number of rotatable bonds is 4. The van der Waals surface area contributed by atoms with Gasteiger partial charge in [0.15, 0.2) is 5.65 Å². The van der Waals surface area contributed by atoms with Crippen molar-refractivity contribution in [1.29, 1.82) is 0 Å². The van der Waals surface area contributed by atoms with Crippen molar-refractivity contribution in [2.75, 3.05) is 11.9 Å². The van der Waals surface area contributed by atoms with Crippen LogP contribution in [0.4, 0.5) is 5.69 Å². The molecule has 1 aliphatic heterocycles. The molecule has 2 N–H and O–H groups in total. The fourth-order valence-corrected chi connectivity index (χ4v) is 4.09. The number of ether oxygens (including phenoxy) is 1. The molecule has 1 aliphatic carbocycles. The van der Waals surface area contributed by atoms with Crippen molar-refractivity contribution in [3.05, 3.63) is 53.5 Å². The van der Waals surface area contributed by atoms with E-state index in [-0.39, 0.29) is 30.0 Å². The van der Waals surface area contributed by atoms with Gasteiger partial charge in [0.25, 0.3) is 5.91 Å². The SMILES string of the molecule is CC1(C)Cc2cc(NC(=O)c3cnn4cccnc34)c([C@H]3C[C@H]3CO)cc2O1. The predicted octanol–water partition coefficient (Wildman–Crippen LogP) is 2.79. The van der Waals surface area contributed by atoms with Crippen LogP contribution in [0.3, 0.4) is 0 Å². The van der Waals surface area contributed by atoms with Crippen LogP contribution in [0.15, 0.2) is 36.8 Å². The van der Waals surface area contributed by atoms with E-state index in [2.05, 4.69) is 29.2 Å². The number of aliphatic hydroxyl groups is 1. The normalized spacial score (nSPS) is 22.0. The predicted molar refractivity (Wildman–Crippen MR) is 104 cm³/mol. The quantitative estimate of drug-likeness (QED) is 0.729. The number of benzene rings is 1. The van der Waals surface area contributed by atoms with Crippen molar-refractivity contribution < 1.29 is 14.6 Å². The molecule has 1 aromatic carbocycles. The Labute approximate surface area is 162 Å². The van der Waals surface area contributed by atoms with Gasteiger partial charge < -0.3 is 15.2 Å². The average Bonchev–Trinajstić information content (AvgIpc) is 3.20. The van der Waals surface area contributed by atoms with Gasteiger partial charge in [-0.3, -0.25) is 4.79 Å². The first-order valence-electron chi connectivity index (χ1n) is 9.51. The monoisotopic (exact) mass is 378 g/mol. The minimum Gasteiger partial charge on any atom is -0.487 e. The summed E-state index contributed by atoms with van der Waals surface area (Å²) in [5, 5.41) is 16.8. The topological polar surface area (TPSA) is 88.8 Å². The summed E-state index contributed by atoms with van der Waals surface area (Å²) >= 11 is 0. The number of nitrogens with one attached hydrogen (secondary N) is 1. The third-order valence-corrected chi connectivity index (χ3v) is 5.56. The maximum atomic E-state index is 13.0. The second-order valence-electron chi connectivity index (χ2n) is 8.27. The lowest BCUT2D eigenvalue weighted by Crippen LogP contribution is -2.24. The maximum Gasteiger partial charge on any atom is 0.261 e. The summed E-state index contributed by atoms with van der Waals surface area (Å²) in [4.78, 5) is 17.2. The fourth-order valence-electron chi connectivity index (χ4n) is 4.09. The number of amides is 1. The summed E-state index contributed by atoms with van der Waals surface area (Å²) in [5.74, 6) is 1.11. The Bertz CT molecular complexity index is 1090. The molecule has 28 heavy (non-hydrogen) atoms. The molecule has 0 radical (unpaired) electrons. The minimum absolute atomic E-state index is 0.152. The molecule has 2 atom stereocenters. The molecule has 0 saturated heterocycles. The lowest BCUT2D eigenvalue weighted by atomic mass is 9.98. The number of aliphatic hydroxyl groups excluding tert-OH is 1. The smallest absolute Gasteiger partial charge is 0.261 e. The van der Waals surface area contributed by atoms with Gasteiger partial charge in [-0.15, -0.1) is 0 Å². The zero-order valence-electron chi connectivity index (χ0n) is 15.8. The highest BCUT2D eigenvalue weighted by Gasteiger charge is 2.41.